The zero-order valence-corrected chi connectivity index (χ0v) is 18.1. The summed E-state index contributed by atoms with van der Waals surface area (Å²) in [5.74, 6) is 1.11. The number of hydrogen-bond donors (Lipinski definition) is 1. The molecule has 1 amide bonds. The third-order valence-electron chi connectivity index (χ3n) is 4.41. The number of nitrogens with zero attached hydrogens (tertiary/aromatic N) is 3. The highest BCUT2D eigenvalue weighted by molar-refractivity contribution is 8.00. The average molecular weight is 437 g/mol. The SMILES string of the molecule is CSc1ccccc1NC(=O)C(C)Sc1nnc(-c2ccco2)n1-c1ccccc1. The first-order chi connectivity index (χ1) is 14.7. The summed E-state index contributed by atoms with van der Waals surface area (Å²) >= 11 is 2.95. The van der Waals surface area contributed by atoms with Gasteiger partial charge in [-0.05, 0) is 49.6 Å². The quantitative estimate of drug-likeness (QED) is 0.393. The summed E-state index contributed by atoms with van der Waals surface area (Å²) in [5, 5.41) is 11.9. The van der Waals surface area contributed by atoms with Gasteiger partial charge < -0.3 is 9.73 Å². The smallest absolute Gasteiger partial charge is 0.237 e. The first-order valence-electron chi connectivity index (χ1n) is 9.32. The molecular weight excluding hydrogens is 416 g/mol. The van der Waals surface area contributed by atoms with Crippen LogP contribution < -0.4 is 5.32 Å². The van der Waals surface area contributed by atoms with Gasteiger partial charge >= 0.3 is 0 Å². The minimum Gasteiger partial charge on any atom is -0.461 e. The van der Waals surface area contributed by atoms with Gasteiger partial charge in [0.2, 0.25) is 11.7 Å². The lowest BCUT2D eigenvalue weighted by Gasteiger charge is -2.14. The third kappa shape index (κ3) is 4.29. The van der Waals surface area contributed by atoms with Crippen molar-refractivity contribution in [1.29, 1.82) is 0 Å². The highest BCUT2D eigenvalue weighted by atomic mass is 32.2. The van der Waals surface area contributed by atoms with Gasteiger partial charge in [0.05, 0.1) is 17.2 Å². The number of aromatic nitrogens is 3. The predicted molar refractivity (Wildman–Crippen MR) is 121 cm³/mol. The van der Waals surface area contributed by atoms with E-state index in [9.17, 15) is 4.79 Å². The Labute approximate surface area is 183 Å². The largest absolute Gasteiger partial charge is 0.461 e. The van der Waals surface area contributed by atoms with E-state index in [1.807, 2.05) is 84.5 Å². The molecule has 0 saturated heterocycles. The molecule has 0 radical (unpaired) electrons. The summed E-state index contributed by atoms with van der Waals surface area (Å²) in [4.78, 5) is 13.9. The molecule has 6 nitrogen and oxygen atoms in total. The van der Waals surface area contributed by atoms with Gasteiger partial charge in [-0.25, -0.2) is 0 Å². The van der Waals surface area contributed by atoms with Crippen molar-refractivity contribution in [3.05, 3.63) is 73.0 Å². The Morgan fingerprint density at radius 2 is 1.80 bits per heavy atom. The van der Waals surface area contributed by atoms with Gasteiger partial charge in [0.1, 0.15) is 0 Å². The molecule has 1 atom stereocenters. The van der Waals surface area contributed by atoms with E-state index in [1.165, 1.54) is 11.8 Å². The maximum Gasteiger partial charge on any atom is 0.237 e. The van der Waals surface area contributed by atoms with E-state index < -0.39 is 0 Å². The summed E-state index contributed by atoms with van der Waals surface area (Å²) in [6.45, 7) is 1.86. The van der Waals surface area contributed by atoms with E-state index in [2.05, 4.69) is 15.5 Å². The Morgan fingerprint density at radius 3 is 2.53 bits per heavy atom. The molecule has 0 spiro atoms. The summed E-state index contributed by atoms with van der Waals surface area (Å²) in [5.41, 5.74) is 1.71. The lowest BCUT2D eigenvalue weighted by atomic mass is 10.3. The van der Waals surface area contributed by atoms with Crippen molar-refractivity contribution in [3.8, 4) is 17.3 Å². The number of nitrogens with one attached hydrogen (secondary N) is 1. The highest BCUT2D eigenvalue weighted by Crippen LogP contribution is 2.31. The molecule has 30 heavy (non-hydrogen) atoms. The number of para-hydroxylation sites is 2. The number of thioether (sulfide) groups is 2. The van der Waals surface area contributed by atoms with Crippen LogP contribution in [0.3, 0.4) is 0 Å². The number of rotatable bonds is 7. The van der Waals surface area contributed by atoms with Gasteiger partial charge in [-0.2, -0.15) is 0 Å². The number of anilines is 1. The Morgan fingerprint density at radius 1 is 1.03 bits per heavy atom. The first-order valence-corrected chi connectivity index (χ1v) is 11.4. The maximum absolute atomic E-state index is 12.9. The minimum atomic E-state index is -0.379. The fourth-order valence-corrected chi connectivity index (χ4v) is 4.34. The lowest BCUT2D eigenvalue weighted by Crippen LogP contribution is -2.23. The number of amides is 1. The van der Waals surface area contributed by atoms with Crippen LogP contribution in [0, 0.1) is 0 Å². The van der Waals surface area contributed by atoms with Crippen molar-refractivity contribution in [2.75, 3.05) is 11.6 Å². The number of furan rings is 1. The second kappa shape index (κ2) is 9.23. The molecule has 4 rings (SSSR count). The van der Waals surface area contributed by atoms with Gasteiger partial charge in [0.15, 0.2) is 10.9 Å². The van der Waals surface area contributed by atoms with E-state index in [0.29, 0.717) is 16.7 Å². The van der Waals surface area contributed by atoms with Crippen LogP contribution in [-0.4, -0.2) is 32.2 Å². The zero-order valence-electron chi connectivity index (χ0n) is 16.5. The fraction of sp³-hybridized carbons (Fsp3) is 0.136. The maximum atomic E-state index is 12.9. The van der Waals surface area contributed by atoms with Gasteiger partial charge in [-0.15, -0.1) is 22.0 Å². The van der Waals surface area contributed by atoms with E-state index in [-0.39, 0.29) is 11.2 Å². The second-order valence-electron chi connectivity index (χ2n) is 6.40. The molecule has 0 bridgehead atoms. The fourth-order valence-electron chi connectivity index (χ4n) is 2.92. The summed E-state index contributed by atoms with van der Waals surface area (Å²) in [6.07, 6.45) is 3.59. The number of hydrogen-bond acceptors (Lipinski definition) is 6. The van der Waals surface area contributed by atoms with Crippen molar-refractivity contribution in [1.82, 2.24) is 14.8 Å². The van der Waals surface area contributed by atoms with E-state index >= 15 is 0 Å². The standard InChI is InChI=1S/C22H20N4O2S2/c1-15(21(27)23-17-11-6-7-13-19(17)29-2)30-22-25-24-20(18-12-8-14-28-18)26(22)16-9-4-3-5-10-16/h3-15H,1-2H3,(H,23,27). The van der Waals surface area contributed by atoms with Crippen molar-refractivity contribution in [2.45, 2.75) is 22.2 Å². The van der Waals surface area contributed by atoms with Crippen molar-refractivity contribution >= 4 is 35.1 Å². The van der Waals surface area contributed by atoms with Crippen LogP contribution in [0.25, 0.3) is 17.3 Å². The molecule has 2 heterocycles. The highest BCUT2D eigenvalue weighted by Gasteiger charge is 2.23. The van der Waals surface area contributed by atoms with Crippen molar-refractivity contribution < 1.29 is 9.21 Å². The van der Waals surface area contributed by atoms with Crippen LogP contribution in [0.1, 0.15) is 6.92 Å². The molecule has 4 aromatic rings. The Balaban J connectivity index is 1.60. The molecule has 2 aromatic carbocycles. The van der Waals surface area contributed by atoms with E-state index in [4.69, 9.17) is 4.42 Å². The van der Waals surface area contributed by atoms with Gasteiger partial charge in [0, 0.05) is 10.6 Å². The van der Waals surface area contributed by atoms with Gasteiger partial charge in [-0.1, -0.05) is 42.1 Å². The lowest BCUT2D eigenvalue weighted by molar-refractivity contribution is -0.115. The molecule has 0 saturated carbocycles. The first kappa shape index (κ1) is 20.3. The molecule has 0 aliphatic carbocycles. The molecule has 0 aliphatic heterocycles. The van der Waals surface area contributed by atoms with E-state index in [0.717, 1.165) is 16.3 Å². The average Bonchev–Trinajstić information content (AvgIpc) is 3.44. The normalized spacial score (nSPS) is 11.9. The molecule has 8 heteroatoms. The van der Waals surface area contributed by atoms with Crippen LogP contribution in [0.4, 0.5) is 5.69 Å². The van der Waals surface area contributed by atoms with Crippen LogP contribution in [0.2, 0.25) is 0 Å². The molecule has 2 aromatic heterocycles. The third-order valence-corrected chi connectivity index (χ3v) is 6.24. The summed E-state index contributed by atoms with van der Waals surface area (Å²) in [7, 11) is 0. The molecule has 1 unspecified atom stereocenters. The zero-order chi connectivity index (χ0) is 20.9. The predicted octanol–water partition coefficient (Wildman–Crippen LogP) is 5.37. The van der Waals surface area contributed by atoms with Crippen molar-refractivity contribution in [2.24, 2.45) is 0 Å². The monoisotopic (exact) mass is 436 g/mol. The molecule has 152 valence electrons. The molecule has 0 fully saturated rings. The van der Waals surface area contributed by atoms with Crippen LogP contribution >= 0.6 is 23.5 Å². The van der Waals surface area contributed by atoms with Crippen LogP contribution in [0.5, 0.6) is 0 Å². The topological polar surface area (TPSA) is 73.0 Å². The van der Waals surface area contributed by atoms with Crippen molar-refractivity contribution in [3.63, 3.8) is 0 Å². The van der Waals surface area contributed by atoms with Crippen LogP contribution in [0.15, 0.2) is 87.5 Å². The minimum absolute atomic E-state index is 0.0938. The summed E-state index contributed by atoms with van der Waals surface area (Å²) in [6, 6.07) is 21.2. The number of carbonyl (C=O) groups is 1. The Hall–Kier alpha value is -2.97. The second-order valence-corrected chi connectivity index (χ2v) is 8.56. The summed E-state index contributed by atoms with van der Waals surface area (Å²) < 4.78 is 7.44. The Kier molecular flexibility index (Phi) is 6.25. The Bertz CT molecular complexity index is 1130. The molecule has 1 N–H and O–H groups in total. The number of carbonyl (C=O) groups excluding carboxylic acids is 1. The van der Waals surface area contributed by atoms with Gasteiger partial charge in [0.25, 0.3) is 0 Å². The van der Waals surface area contributed by atoms with E-state index in [1.54, 1.807) is 18.0 Å². The molecule has 0 aliphatic rings. The van der Waals surface area contributed by atoms with Crippen LogP contribution in [-0.2, 0) is 4.79 Å². The number of benzene rings is 2. The van der Waals surface area contributed by atoms with Gasteiger partial charge in [-0.3, -0.25) is 9.36 Å². The molecular formula is C22H20N4O2S2.